The number of nitrogens with one attached hydrogen (secondary N) is 2. The number of alkyl halides is 2. The molecule has 0 saturated carbocycles. The number of piperazine rings is 1. The highest BCUT2D eigenvalue weighted by Crippen LogP contribution is 2.19. The second kappa shape index (κ2) is 10.4. The monoisotopic (exact) mass is 485 g/mol. The van der Waals surface area contributed by atoms with E-state index in [4.69, 9.17) is 0 Å². The number of carbonyl (C=O) groups excluding carboxylic acids is 2. The summed E-state index contributed by atoms with van der Waals surface area (Å²) in [4.78, 5) is 37.9. The molecule has 3 aromatic rings. The molecule has 0 aliphatic carbocycles. The molecule has 184 valence electrons. The van der Waals surface area contributed by atoms with Gasteiger partial charge in [-0.2, -0.15) is 8.78 Å². The number of carbonyl (C=O) groups is 2. The van der Waals surface area contributed by atoms with Gasteiger partial charge < -0.3 is 24.4 Å². The molecule has 2 aromatic heterocycles. The van der Waals surface area contributed by atoms with Crippen molar-refractivity contribution in [2.24, 2.45) is 7.05 Å². The molecule has 3 heterocycles. The van der Waals surface area contributed by atoms with E-state index in [1.54, 1.807) is 22.7 Å². The lowest BCUT2D eigenvalue weighted by Crippen LogP contribution is -2.49. The predicted octanol–water partition coefficient (Wildman–Crippen LogP) is 3.33. The lowest BCUT2D eigenvalue weighted by molar-refractivity contribution is -0.0498. The van der Waals surface area contributed by atoms with Gasteiger partial charge in [-0.1, -0.05) is 6.07 Å². The van der Waals surface area contributed by atoms with Crippen LogP contribution in [0.25, 0.3) is 0 Å². The third-order valence-electron chi connectivity index (χ3n) is 5.43. The Hall–Kier alpha value is -4.22. The number of pyridine rings is 1. The van der Waals surface area contributed by atoms with Crippen molar-refractivity contribution in [1.82, 2.24) is 19.4 Å². The van der Waals surface area contributed by atoms with E-state index < -0.39 is 12.6 Å². The molecule has 12 heteroatoms. The number of benzene rings is 1. The quantitative estimate of drug-likeness (QED) is 0.555. The number of hydrogen-bond donors (Lipinski definition) is 2. The van der Waals surface area contributed by atoms with Crippen molar-refractivity contribution in [2.45, 2.75) is 13.5 Å². The molecule has 0 radical (unpaired) electrons. The Labute approximate surface area is 200 Å². The molecule has 1 aliphatic rings. The van der Waals surface area contributed by atoms with E-state index in [1.807, 2.05) is 25.3 Å². The number of anilines is 3. The Morgan fingerprint density at radius 2 is 1.74 bits per heavy atom. The number of halogens is 2. The van der Waals surface area contributed by atoms with Gasteiger partial charge in [0.15, 0.2) is 5.82 Å². The van der Waals surface area contributed by atoms with Crippen molar-refractivity contribution in [3.05, 3.63) is 60.2 Å². The number of amides is 3. The van der Waals surface area contributed by atoms with E-state index in [-0.39, 0.29) is 23.3 Å². The van der Waals surface area contributed by atoms with Crippen LogP contribution in [0.2, 0.25) is 0 Å². The summed E-state index contributed by atoms with van der Waals surface area (Å²) in [5.41, 5.74) is 1.46. The summed E-state index contributed by atoms with van der Waals surface area (Å²) >= 11 is 0. The summed E-state index contributed by atoms with van der Waals surface area (Å²) in [5.74, 6) is 1.04. The average molecular weight is 485 g/mol. The molecular formula is C23H25F2N7O3. The Kier molecular flexibility index (Phi) is 7.09. The fourth-order valence-corrected chi connectivity index (χ4v) is 3.65. The highest BCUT2D eigenvalue weighted by molar-refractivity contribution is 5.99. The van der Waals surface area contributed by atoms with Crippen molar-refractivity contribution in [1.29, 1.82) is 0 Å². The number of urea groups is 1. The number of imidazole rings is 1. The maximum atomic E-state index is 13.0. The van der Waals surface area contributed by atoms with Crippen LogP contribution in [-0.4, -0.2) is 64.2 Å². The zero-order valence-electron chi connectivity index (χ0n) is 19.2. The summed E-state index contributed by atoms with van der Waals surface area (Å²) < 4.78 is 30.3. The predicted molar refractivity (Wildman–Crippen MR) is 126 cm³/mol. The molecule has 1 aromatic carbocycles. The van der Waals surface area contributed by atoms with Crippen LogP contribution in [0.4, 0.5) is 30.9 Å². The zero-order chi connectivity index (χ0) is 24.9. The lowest BCUT2D eigenvalue weighted by atomic mass is 10.2. The first kappa shape index (κ1) is 23.9. The topological polar surface area (TPSA) is 105 Å². The summed E-state index contributed by atoms with van der Waals surface area (Å²) in [5, 5.41) is 5.14. The fraction of sp³-hybridized carbons (Fsp3) is 0.304. The maximum absolute atomic E-state index is 13.0. The van der Waals surface area contributed by atoms with Gasteiger partial charge in [0.25, 0.3) is 5.91 Å². The van der Waals surface area contributed by atoms with E-state index in [0.717, 1.165) is 11.4 Å². The van der Waals surface area contributed by atoms with Crippen molar-refractivity contribution in [2.75, 3.05) is 41.7 Å². The van der Waals surface area contributed by atoms with Crippen molar-refractivity contribution in [3.8, 4) is 5.75 Å². The van der Waals surface area contributed by atoms with Gasteiger partial charge in [-0.05, 0) is 42.8 Å². The minimum atomic E-state index is -2.92. The Morgan fingerprint density at radius 1 is 1.03 bits per heavy atom. The van der Waals surface area contributed by atoms with E-state index in [0.29, 0.717) is 31.9 Å². The Morgan fingerprint density at radius 3 is 2.37 bits per heavy atom. The molecule has 3 amide bonds. The SMILES string of the molecule is Cc1ccc(N2CCN(C(=O)c3nc(NC(=O)Nc4ccc(OC(F)F)cc4)cn3C)CC2)nc1. The second-order valence-electron chi connectivity index (χ2n) is 8.02. The number of aromatic nitrogens is 3. The first-order valence-corrected chi connectivity index (χ1v) is 10.9. The third-order valence-corrected chi connectivity index (χ3v) is 5.43. The van der Waals surface area contributed by atoms with Crippen LogP contribution in [-0.2, 0) is 7.05 Å². The molecular weight excluding hydrogens is 460 g/mol. The lowest BCUT2D eigenvalue weighted by Gasteiger charge is -2.35. The third kappa shape index (κ3) is 6.02. The number of aryl methyl sites for hydroxylation is 2. The minimum absolute atomic E-state index is 0.0187. The zero-order valence-corrected chi connectivity index (χ0v) is 19.2. The van der Waals surface area contributed by atoms with E-state index in [2.05, 4.69) is 30.2 Å². The van der Waals surface area contributed by atoms with Gasteiger partial charge in [0.2, 0.25) is 5.82 Å². The molecule has 1 aliphatic heterocycles. The standard InChI is InChI=1S/C23H25F2N7O3/c1-15-3-8-19(26-13-15)31-9-11-32(12-10-31)21(33)20-28-18(14-30(20)2)29-23(34)27-16-4-6-17(7-5-16)35-22(24)25/h3-8,13-14,22H,9-12H2,1-2H3,(H2,27,29,34). The van der Waals surface area contributed by atoms with Crippen LogP contribution in [0, 0.1) is 6.92 Å². The van der Waals surface area contributed by atoms with Crippen LogP contribution in [0.5, 0.6) is 5.75 Å². The summed E-state index contributed by atoms with van der Waals surface area (Å²) in [6.45, 7) is 1.42. The van der Waals surface area contributed by atoms with Gasteiger partial charge in [-0.15, -0.1) is 0 Å². The fourth-order valence-electron chi connectivity index (χ4n) is 3.65. The van der Waals surface area contributed by atoms with Crippen LogP contribution < -0.4 is 20.3 Å². The van der Waals surface area contributed by atoms with E-state index in [9.17, 15) is 18.4 Å². The molecule has 0 unspecified atom stereocenters. The largest absolute Gasteiger partial charge is 0.435 e. The van der Waals surface area contributed by atoms with Crippen molar-refractivity contribution in [3.63, 3.8) is 0 Å². The summed E-state index contributed by atoms with van der Waals surface area (Å²) in [6, 6.07) is 8.87. The highest BCUT2D eigenvalue weighted by atomic mass is 19.3. The van der Waals surface area contributed by atoms with Gasteiger partial charge in [-0.25, -0.2) is 14.8 Å². The van der Waals surface area contributed by atoms with Crippen LogP contribution in [0.3, 0.4) is 0 Å². The maximum Gasteiger partial charge on any atom is 0.387 e. The number of rotatable bonds is 6. The van der Waals surface area contributed by atoms with Gasteiger partial charge in [0.05, 0.1) is 0 Å². The number of ether oxygens (including phenoxy) is 1. The van der Waals surface area contributed by atoms with E-state index in [1.165, 1.54) is 24.3 Å². The van der Waals surface area contributed by atoms with Gasteiger partial charge in [0.1, 0.15) is 11.6 Å². The van der Waals surface area contributed by atoms with Gasteiger partial charge >= 0.3 is 12.6 Å². The first-order chi connectivity index (χ1) is 16.8. The van der Waals surface area contributed by atoms with Gasteiger partial charge in [-0.3, -0.25) is 10.1 Å². The Bertz CT molecular complexity index is 1170. The smallest absolute Gasteiger partial charge is 0.387 e. The molecule has 0 atom stereocenters. The minimum Gasteiger partial charge on any atom is -0.435 e. The van der Waals surface area contributed by atoms with Crippen molar-refractivity contribution >= 4 is 29.3 Å². The average Bonchev–Trinajstić information content (AvgIpc) is 3.19. The van der Waals surface area contributed by atoms with Gasteiger partial charge in [0, 0.05) is 51.3 Å². The number of hydrogen-bond acceptors (Lipinski definition) is 6. The van der Waals surface area contributed by atoms with Crippen LogP contribution in [0.1, 0.15) is 16.2 Å². The number of nitrogens with zero attached hydrogens (tertiary/aromatic N) is 5. The summed E-state index contributed by atoms with van der Waals surface area (Å²) in [7, 11) is 1.68. The van der Waals surface area contributed by atoms with Crippen molar-refractivity contribution < 1.29 is 23.1 Å². The highest BCUT2D eigenvalue weighted by Gasteiger charge is 2.26. The molecule has 0 bridgehead atoms. The Balaban J connectivity index is 1.32. The second-order valence-corrected chi connectivity index (χ2v) is 8.02. The van der Waals surface area contributed by atoms with Crippen LogP contribution >= 0.6 is 0 Å². The molecule has 35 heavy (non-hydrogen) atoms. The summed E-state index contributed by atoms with van der Waals surface area (Å²) in [6.07, 6.45) is 3.36. The molecule has 2 N–H and O–H groups in total. The normalized spacial score (nSPS) is 13.6. The van der Waals surface area contributed by atoms with E-state index >= 15 is 0 Å². The molecule has 1 fully saturated rings. The molecule has 10 nitrogen and oxygen atoms in total. The molecule has 0 spiro atoms. The molecule has 4 rings (SSSR count). The first-order valence-electron chi connectivity index (χ1n) is 10.9. The van der Waals surface area contributed by atoms with Crippen LogP contribution in [0.15, 0.2) is 48.8 Å². The molecule has 1 saturated heterocycles.